The zero-order valence-electron chi connectivity index (χ0n) is 12.8. The van der Waals surface area contributed by atoms with Crippen molar-refractivity contribution in [3.63, 3.8) is 0 Å². The Balaban J connectivity index is 2.64. The first-order chi connectivity index (χ1) is 9.69. The van der Waals surface area contributed by atoms with E-state index in [0.717, 1.165) is 0 Å². The number of carbonyl (C=O) groups is 2. The molecule has 0 saturated carbocycles. The minimum absolute atomic E-state index is 0.0331. The fourth-order valence-corrected chi connectivity index (χ4v) is 2.25. The van der Waals surface area contributed by atoms with Crippen LogP contribution >= 0.6 is 0 Å². The van der Waals surface area contributed by atoms with Gasteiger partial charge in [-0.25, -0.2) is 4.79 Å². The smallest absolute Gasteiger partial charge is 0.330 e. The molecule has 5 nitrogen and oxygen atoms in total. The highest BCUT2D eigenvalue weighted by Gasteiger charge is 2.24. The van der Waals surface area contributed by atoms with E-state index in [1.807, 2.05) is 0 Å². The van der Waals surface area contributed by atoms with Crippen molar-refractivity contribution in [1.29, 1.82) is 0 Å². The number of benzene rings is 1. The van der Waals surface area contributed by atoms with E-state index >= 15 is 0 Å². The third kappa shape index (κ3) is 6.40. The van der Waals surface area contributed by atoms with E-state index < -0.39 is 12.0 Å². The van der Waals surface area contributed by atoms with Gasteiger partial charge in [-0.2, -0.15) is 0 Å². The summed E-state index contributed by atoms with van der Waals surface area (Å²) in [7, 11) is 0. The highest BCUT2D eigenvalue weighted by molar-refractivity contribution is 5.84. The largest absolute Gasteiger partial charge is 0.479 e. The maximum absolute atomic E-state index is 12.0. The third-order valence-electron chi connectivity index (χ3n) is 3.01. The molecular formula is C16H24N2O3. The monoisotopic (exact) mass is 292 g/mol. The van der Waals surface area contributed by atoms with Gasteiger partial charge in [0, 0.05) is 12.5 Å². The summed E-state index contributed by atoms with van der Waals surface area (Å²) in [5, 5.41) is 11.8. The Kier molecular flexibility index (Phi) is 5.90. The Bertz CT molecular complexity index is 480. The lowest BCUT2D eigenvalue weighted by Gasteiger charge is -2.23. The minimum Gasteiger partial charge on any atom is -0.479 e. The quantitative estimate of drug-likeness (QED) is 0.748. The Morgan fingerprint density at radius 2 is 1.81 bits per heavy atom. The molecule has 1 amide bonds. The van der Waals surface area contributed by atoms with Crippen molar-refractivity contribution >= 4 is 11.9 Å². The SMILES string of the molecule is CC(C)(C)CC(N)CC(=O)N[C@@H](C(=O)O)c1ccccc1. The van der Waals surface area contributed by atoms with Gasteiger partial charge < -0.3 is 16.2 Å². The molecule has 21 heavy (non-hydrogen) atoms. The molecule has 5 heteroatoms. The molecule has 0 saturated heterocycles. The van der Waals surface area contributed by atoms with E-state index in [4.69, 9.17) is 5.73 Å². The molecule has 1 aromatic carbocycles. The van der Waals surface area contributed by atoms with Crippen LogP contribution in [0.4, 0.5) is 0 Å². The zero-order chi connectivity index (χ0) is 16.0. The summed E-state index contributed by atoms with van der Waals surface area (Å²) in [5.41, 5.74) is 6.52. The molecule has 1 rings (SSSR count). The number of rotatable bonds is 6. The van der Waals surface area contributed by atoms with Crippen LogP contribution in [0.15, 0.2) is 30.3 Å². The van der Waals surface area contributed by atoms with Crippen LogP contribution in [0.1, 0.15) is 45.2 Å². The van der Waals surface area contributed by atoms with Gasteiger partial charge in [-0.1, -0.05) is 51.1 Å². The average molecular weight is 292 g/mol. The lowest BCUT2D eigenvalue weighted by atomic mass is 9.87. The number of amides is 1. The van der Waals surface area contributed by atoms with Crippen LogP contribution in [0.5, 0.6) is 0 Å². The van der Waals surface area contributed by atoms with Gasteiger partial charge in [0.05, 0.1) is 0 Å². The topological polar surface area (TPSA) is 92.4 Å². The minimum atomic E-state index is -1.08. The van der Waals surface area contributed by atoms with Gasteiger partial charge in [0.25, 0.3) is 0 Å². The van der Waals surface area contributed by atoms with Crippen molar-refractivity contribution in [3.05, 3.63) is 35.9 Å². The van der Waals surface area contributed by atoms with Crippen molar-refractivity contribution in [2.24, 2.45) is 11.1 Å². The molecule has 0 bridgehead atoms. The first-order valence-electron chi connectivity index (χ1n) is 7.02. The molecular weight excluding hydrogens is 268 g/mol. The average Bonchev–Trinajstić information content (AvgIpc) is 2.34. The van der Waals surface area contributed by atoms with Crippen LogP contribution in [0.25, 0.3) is 0 Å². The van der Waals surface area contributed by atoms with Crippen LogP contribution in [0, 0.1) is 5.41 Å². The first-order valence-corrected chi connectivity index (χ1v) is 7.02. The predicted octanol–water partition coefficient (Wildman–Crippen LogP) is 2.08. The number of carbonyl (C=O) groups excluding carboxylic acids is 1. The zero-order valence-corrected chi connectivity index (χ0v) is 12.8. The van der Waals surface area contributed by atoms with Gasteiger partial charge in [0.1, 0.15) is 0 Å². The van der Waals surface area contributed by atoms with Crippen LogP contribution in [-0.2, 0) is 9.59 Å². The number of hydrogen-bond donors (Lipinski definition) is 3. The summed E-state index contributed by atoms with van der Waals surface area (Å²) >= 11 is 0. The first kappa shape index (κ1) is 17.2. The molecule has 1 unspecified atom stereocenters. The standard InChI is InChI=1S/C16H24N2O3/c1-16(2,3)10-12(17)9-13(19)18-14(15(20)21)11-7-5-4-6-8-11/h4-8,12,14H,9-10,17H2,1-3H3,(H,18,19)(H,20,21)/t12?,14-/m1/s1. The summed E-state index contributed by atoms with van der Waals surface area (Å²) in [6, 6.07) is 7.30. The Hall–Kier alpha value is -1.88. The van der Waals surface area contributed by atoms with Crippen LogP contribution in [-0.4, -0.2) is 23.0 Å². The summed E-state index contributed by atoms with van der Waals surface area (Å²) in [6.07, 6.45) is 0.817. The number of nitrogens with two attached hydrogens (primary N) is 1. The second kappa shape index (κ2) is 7.22. The molecule has 0 fully saturated rings. The van der Waals surface area contributed by atoms with Crippen LogP contribution < -0.4 is 11.1 Å². The molecule has 0 spiro atoms. The fraction of sp³-hybridized carbons (Fsp3) is 0.500. The van der Waals surface area contributed by atoms with Gasteiger partial charge in [0.2, 0.25) is 5.91 Å². The summed E-state index contributed by atoms with van der Waals surface area (Å²) in [5.74, 6) is -1.43. The van der Waals surface area contributed by atoms with E-state index in [1.165, 1.54) is 0 Å². The van der Waals surface area contributed by atoms with Crippen molar-refractivity contribution < 1.29 is 14.7 Å². The molecule has 0 aromatic heterocycles. The molecule has 116 valence electrons. The van der Waals surface area contributed by atoms with Gasteiger partial charge in [-0.3, -0.25) is 4.79 Å². The molecule has 0 radical (unpaired) electrons. The second-order valence-electron chi connectivity index (χ2n) is 6.48. The highest BCUT2D eigenvalue weighted by atomic mass is 16.4. The Labute approximate surface area is 125 Å². The molecule has 4 N–H and O–H groups in total. The number of hydrogen-bond acceptors (Lipinski definition) is 3. The molecule has 2 atom stereocenters. The second-order valence-corrected chi connectivity index (χ2v) is 6.48. The van der Waals surface area contributed by atoms with E-state index in [-0.39, 0.29) is 23.8 Å². The Morgan fingerprint density at radius 1 is 1.24 bits per heavy atom. The van der Waals surface area contributed by atoms with Crippen molar-refractivity contribution in [2.45, 2.75) is 45.7 Å². The van der Waals surface area contributed by atoms with Crippen molar-refractivity contribution in [3.8, 4) is 0 Å². The summed E-state index contributed by atoms with van der Waals surface area (Å²) in [6.45, 7) is 6.15. The fourth-order valence-electron chi connectivity index (χ4n) is 2.25. The van der Waals surface area contributed by atoms with Gasteiger partial charge >= 0.3 is 5.97 Å². The molecule has 0 aliphatic carbocycles. The summed E-state index contributed by atoms with van der Waals surface area (Å²) < 4.78 is 0. The Morgan fingerprint density at radius 3 is 2.29 bits per heavy atom. The van der Waals surface area contributed by atoms with Crippen molar-refractivity contribution in [1.82, 2.24) is 5.32 Å². The number of aliphatic carboxylic acids is 1. The third-order valence-corrected chi connectivity index (χ3v) is 3.01. The van der Waals surface area contributed by atoms with E-state index in [2.05, 4.69) is 26.1 Å². The van der Waals surface area contributed by atoms with Crippen LogP contribution in [0.3, 0.4) is 0 Å². The van der Waals surface area contributed by atoms with Gasteiger partial charge in [-0.15, -0.1) is 0 Å². The predicted molar refractivity (Wildman–Crippen MR) is 81.6 cm³/mol. The maximum atomic E-state index is 12.0. The molecule has 0 heterocycles. The normalized spacial score (nSPS) is 14.3. The molecule has 0 aliphatic rings. The van der Waals surface area contributed by atoms with E-state index in [0.29, 0.717) is 12.0 Å². The summed E-state index contributed by atoms with van der Waals surface area (Å²) in [4.78, 5) is 23.3. The van der Waals surface area contributed by atoms with E-state index in [9.17, 15) is 14.7 Å². The molecule has 1 aromatic rings. The van der Waals surface area contributed by atoms with Gasteiger partial charge in [-0.05, 0) is 17.4 Å². The lowest BCUT2D eigenvalue weighted by molar-refractivity contribution is -0.142. The highest BCUT2D eigenvalue weighted by Crippen LogP contribution is 2.21. The number of nitrogens with one attached hydrogen (secondary N) is 1. The molecule has 0 aliphatic heterocycles. The number of carboxylic acids is 1. The van der Waals surface area contributed by atoms with Crippen LogP contribution in [0.2, 0.25) is 0 Å². The maximum Gasteiger partial charge on any atom is 0.330 e. The van der Waals surface area contributed by atoms with E-state index in [1.54, 1.807) is 30.3 Å². The lowest BCUT2D eigenvalue weighted by Crippen LogP contribution is -2.38. The van der Waals surface area contributed by atoms with Crippen molar-refractivity contribution in [2.75, 3.05) is 0 Å². The number of carboxylic acid groups (broad SMARTS) is 1. The van der Waals surface area contributed by atoms with Gasteiger partial charge in [0.15, 0.2) is 6.04 Å².